The average molecular weight is 280 g/mol. The number of hydrogen-bond acceptors (Lipinski definition) is 2. The Labute approximate surface area is 126 Å². The Hall–Kier alpha value is -0.0800. The van der Waals surface area contributed by atoms with Gasteiger partial charge in [0, 0.05) is 19.1 Å². The van der Waals surface area contributed by atoms with Crippen LogP contribution in [0.5, 0.6) is 0 Å². The molecule has 2 nitrogen and oxygen atoms in total. The van der Waals surface area contributed by atoms with Crippen molar-refractivity contribution in [3.63, 3.8) is 0 Å². The molecule has 118 valence electrons. The maximum absolute atomic E-state index is 6.03. The van der Waals surface area contributed by atoms with Crippen LogP contribution >= 0.6 is 0 Å². The van der Waals surface area contributed by atoms with Gasteiger partial charge < -0.3 is 5.73 Å². The topological polar surface area (TPSA) is 29.3 Å². The van der Waals surface area contributed by atoms with Gasteiger partial charge in [0.2, 0.25) is 0 Å². The van der Waals surface area contributed by atoms with E-state index in [0.29, 0.717) is 11.5 Å². The van der Waals surface area contributed by atoms with Crippen molar-refractivity contribution in [3.8, 4) is 0 Å². The monoisotopic (exact) mass is 280 g/mol. The van der Waals surface area contributed by atoms with Crippen molar-refractivity contribution in [2.24, 2.45) is 28.9 Å². The van der Waals surface area contributed by atoms with Gasteiger partial charge in [-0.1, -0.05) is 27.7 Å². The van der Waals surface area contributed by atoms with Gasteiger partial charge in [-0.15, -0.1) is 0 Å². The Morgan fingerprint density at radius 3 is 2.25 bits per heavy atom. The molecule has 0 radical (unpaired) electrons. The van der Waals surface area contributed by atoms with Crippen molar-refractivity contribution < 1.29 is 0 Å². The Morgan fingerprint density at radius 2 is 1.70 bits per heavy atom. The number of nitrogens with two attached hydrogens (primary N) is 1. The summed E-state index contributed by atoms with van der Waals surface area (Å²) in [5.74, 6) is 2.65. The van der Waals surface area contributed by atoms with E-state index in [2.05, 4.69) is 32.6 Å². The lowest BCUT2D eigenvalue weighted by atomic mass is 9.69. The second kappa shape index (κ2) is 6.79. The summed E-state index contributed by atoms with van der Waals surface area (Å²) in [4.78, 5) is 2.72. The third-order valence-corrected chi connectivity index (χ3v) is 6.04. The molecule has 2 fully saturated rings. The van der Waals surface area contributed by atoms with E-state index in [1.165, 1.54) is 51.6 Å². The summed E-state index contributed by atoms with van der Waals surface area (Å²) in [5.41, 5.74) is 6.53. The highest BCUT2D eigenvalue weighted by molar-refractivity contribution is 4.86. The van der Waals surface area contributed by atoms with Gasteiger partial charge in [0.15, 0.2) is 0 Å². The van der Waals surface area contributed by atoms with Gasteiger partial charge in [0.25, 0.3) is 0 Å². The molecule has 1 saturated heterocycles. The van der Waals surface area contributed by atoms with E-state index in [1.54, 1.807) is 0 Å². The zero-order valence-corrected chi connectivity index (χ0v) is 14.2. The van der Waals surface area contributed by atoms with Gasteiger partial charge in [0.05, 0.1) is 0 Å². The summed E-state index contributed by atoms with van der Waals surface area (Å²) in [6.45, 7) is 13.1. The van der Waals surface area contributed by atoms with Crippen molar-refractivity contribution >= 4 is 0 Å². The van der Waals surface area contributed by atoms with Crippen LogP contribution < -0.4 is 5.73 Å². The molecule has 20 heavy (non-hydrogen) atoms. The maximum atomic E-state index is 6.03. The molecule has 2 unspecified atom stereocenters. The standard InChI is InChI=1S/C18H36N2/c1-14-6-5-11-20(17(14)12-19)13-15-7-9-16(10-8-15)18(2,3)4/h14-17H,5-13,19H2,1-4H3. The molecule has 0 amide bonds. The lowest BCUT2D eigenvalue weighted by molar-refractivity contribution is 0.0656. The van der Waals surface area contributed by atoms with E-state index in [4.69, 9.17) is 5.73 Å². The van der Waals surface area contributed by atoms with Crippen LogP contribution in [0.3, 0.4) is 0 Å². The first-order chi connectivity index (χ1) is 9.41. The Morgan fingerprint density at radius 1 is 1.05 bits per heavy atom. The molecule has 2 heteroatoms. The molecule has 0 spiro atoms. The quantitative estimate of drug-likeness (QED) is 0.849. The minimum Gasteiger partial charge on any atom is -0.329 e. The summed E-state index contributed by atoms with van der Waals surface area (Å²) in [6.07, 6.45) is 8.48. The molecule has 2 rings (SSSR count). The third kappa shape index (κ3) is 3.98. The zero-order valence-electron chi connectivity index (χ0n) is 14.2. The molecular weight excluding hydrogens is 244 g/mol. The second-order valence-electron chi connectivity index (χ2n) is 8.50. The number of rotatable bonds is 3. The molecule has 1 saturated carbocycles. The van der Waals surface area contributed by atoms with Crippen molar-refractivity contribution in [1.82, 2.24) is 4.90 Å². The minimum absolute atomic E-state index is 0.504. The number of nitrogens with zero attached hydrogens (tertiary/aromatic N) is 1. The molecule has 2 atom stereocenters. The Balaban J connectivity index is 1.83. The molecule has 0 aromatic heterocycles. The first-order valence-corrected chi connectivity index (χ1v) is 8.86. The fraction of sp³-hybridized carbons (Fsp3) is 1.00. The van der Waals surface area contributed by atoms with Crippen LogP contribution in [0.4, 0.5) is 0 Å². The zero-order chi connectivity index (χ0) is 14.8. The molecule has 2 aliphatic rings. The molecule has 0 aromatic rings. The fourth-order valence-corrected chi connectivity index (χ4v) is 4.49. The van der Waals surface area contributed by atoms with E-state index in [-0.39, 0.29) is 0 Å². The lowest BCUT2D eigenvalue weighted by Crippen LogP contribution is -2.50. The van der Waals surface area contributed by atoms with Crippen LogP contribution in [0.1, 0.15) is 66.2 Å². The van der Waals surface area contributed by atoms with E-state index in [1.807, 2.05) is 0 Å². The molecule has 0 bridgehead atoms. The van der Waals surface area contributed by atoms with E-state index in [9.17, 15) is 0 Å². The molecule has 1 aliphatic heterocycles. The van der Waals surface area contributed by atoms with Crippen LogP contribution in [0.25, 0.3) is 0 Å². The molecule has 2 N–H and O–H groups in total. The summed E-state index contributed by atoms with van der Waals surface area (Å²) in [7, 11) is 0. The van der Waals surface area contributed by atoms with Gasteiger partial charge in [0.1, 0.15) is 0 Å². The highest BCUT2D eigenvalue weighted by Crippen LogP contribution is 2.40. The highest BCUT2D eigenvalue weighted by Gasteiger charge is 2.33. The predicted octanol–water partition coefficient (Wildman–Crippen LogP) is 3.90. The van der Waals surface area contributed by atoms with Crippen LogP contribution in [-0.4, -0.2) is 30.6 Å². The summed E-state index contributed by atoms with van der Waals surface area (Å²) in [5, 5.41) is 0. The van der Waals surface area contributed by atoms with Crippen LogP contribution in [0.2, 0.25) is 0 Å². The molecule has 1 heterocycles. The first kappa shape index (κ1) is 16.3. The SMILES string of the molecule is CC1CCCN(CC2CCC(C(C)(C)C)CC2)C1CN. The summed E-state index contributed by atoms with van der Waals surface area (Å²) >= 11 is 0. The smallest absolute Gasteiger partial charge is 0.0244 e. The number of piperidine rings is 1. The minimum atomic E-state index is 0.504. The number of likely N-dealkylation sites (tertiary alicyclic amines) is 1. The lowest BCUT2D eigenvalue weighted by Gasteiger charge is -2.43. The Kier molecular flexibility index (Phi) is 5.53. The largest absolute Gasteiger partial charge is 0.329 e. The average Bonchev–Trinajstić information content (AvgIpc) is 2.38. The predicted molar refractivity (Wildman–Crippen MR) is 87.7 cm³/mol. The van der Waals surface area contributed by atoms with Crippen molar-refractivity contribution in [3.05, 3.63) is 0 Å². The van der Waals surface area contributed by atoms with E-state index >= 15 is 0 Å². The third-order valence-electron chi connectivity index (χ3n) is 6.04. The van der Waals surface area contributed by atoms with Gasteiger partial charge in [-0.05, 0) is 68.2 Å². The highest BCUT2D eigenvalue weighted by atomic mass is 15.2. The maximum Gasteiger partial charge on any atom is 0.0244 e. The summed E-state index contributed by atoms with van der Waals surface area (Å²) < 4.78 is 0. The van der Waals surface area contributed by atoms with Gasteiger partial charge >= 0.3 is 0 Å². The number of hydrogen-bond donors (Lipinski definition) is 1. The normalized spacial score (nSPS) is 37.0. The van der Waals surface area contributed by atoms with Gasteiger partial charge in [-0.2, -0.15) is 0 Å². The molecular formula is C18H36N2. The van der Waals surface area contributed by atoms with Gasteiger partial charge in [-0.3, -0.25) is 4.90 Å². The second-order valence-corrected chi connectivity index (χ2v) is 8.50. The van der Waals surface area contributed by atoms with Crippen LogP contribution in [-0.2, 0) is 0 Å². The molecule has 0 aromatic carbocycles. The molecule has 1 aliphatic carbocycles. The van der Waals surface area contributed by atoms with Crippen LogP contribution in [0, 0.1) is 23.2 Å². The van der Waals surface area contributed by atoms with Crippen molar-refractivity contribution in [2.45, 2.75) is 72.3 Å². The Bertz CT molecular complexity index is 286. The van der Waals surface area contributed by atoms with Crippen LogP contribution in [0.15, 0.2) is 0 Å². The fourth-order valence-electron chi connectivity index (χ4n) is 4.49. The van der Waals surface area contributed by atoms with E-state index < -0.39 is 0 Å². The summed E-state index contributed by atoms with van der Waals surface area (Å²) in [6, 6.07) is 0.643. The van der Waals surface area contributed by atoms with Crippen molar-refractivity contribution in [2.75, 3.05) is 19.6 Å². The first-order valence-electron chi connectivity index (χ1n) is 8.86. The van der Waals surface area contributed by atoms with Crippen molar-refractivity contribution in [1.29, 1.82) is 0 Å². The van der Waals surface area contributed by atoms with Gasteiger partial charge in [-0.25, -0.2) is 0 Å². The van der Waals surface area contributed by atoms with E-state index in [0.717, 1.165) is 24.3 Å².